The molecule has 1 aromatic carbocycles. The molecule has 33 heavy (non-hydrogen) atoms. The Balaban J connectivity index is 1.46. The molecule has 8 nitrogen and oxygen atoms in total. The molecule has 166 valence electrons. The molecule has 1 atom stereocenters. The fourth-order valence-electron chi connectivity index (χ4n) is 3.12. The predicted octanol–water partition coefficient (Wildman–Crippen LogP) is 3.65. The molecule has 0 aliphatic rings. The summed E-state index contributed by atoms with van der Waals surface area (Å²) < 4.78 is 5.76. The summed E-state index contributed by atoms with van der Waals surface area (Å²) >= 11 is 1.39. The van der Waals surface area contributed by atoms with Crippen LogP contribution in [0.1, 0.15) is 33.4 Å². The highest BCUT2D eigenvalue weighted by Gasteiger charge is 2.21. The molecule has 3 aromatic heterocycles. The second-order valence-corrected chi connectivity index (χ2v) is 8.73. The topological polar surface area (TPSA) is 105 Å². The van der Waals surface area contributed by atoms with Crippen LogP contribution in [0.5, 0.6) is 6.01 Å². The average Bonchev–Trinajstić information content (AvgIpc) is 3.22. The third-order valence-electron chi connectivity index (χ3n) is 4.98. The lowest BCUT2D eigenvalue weighted by atomic mass is 10.1. The minimum Gasteiger partial charge on any atom is -0.459 e. The number of nitrogens with zero attached hydrogens (tertiary/aromatic N) is 6. The zero-order chi connectivity index (χ0) is 23.4. The molecule has 1 unspecified atom stereocenters. The molecule has 0 saturated carbocycles. The Bertz CT molecular complexity index is 1330. The monoisotopic (exact) mass is 458 g/mol. The lowest BCUT2D eigenvalue weighted by Crippen LogP contribution is -2.23. The van der Waals surface area contributed by atoms with Gasteiger partial charge in [0.2, 0.25) is 5.91 Å². The fraction of sp³-hybridized carbons (Fsp3) is 0.250. The minimum atomic E-state index is -0.636. The third kappa shape index (κ3) is 5.30. The Labute approximate surface area is 195 Å². The zero-order valence-electron chi connectivity index (χ0n) is 18.5. The molecule has 0 spiro atoms. The van der Waals surface area contributed by atoms with E-state index < -0.39 is 5.92 Å². The van der Waals surface area contributed by atoms with Crippen molar-refractivity contribution in [1.29, 1.82) is 5.26 Å². The van der Waals surface area contributed by atoms with Crippen LogP contribution in [-0.4, -0.2) is 44.8 Å². The van der Waals surface area contributed by atoms with E-state index in [4.69, 9.17) is 4.74 Å². The largest absolute Gasteiger partial charge is 0.459 e. The first kappa shape index (κ1) is 22.3. The summed E-state index contributed by atoms with van der Waals surface area (Å²) in [7, 11) is 3.48. The highest BCUT2D eigenvalue weighted by atomic mass is 32.1. The lowest BCUT2D eigenvalue weighted by Gasteiger charge is -2.11. The third-order valence-corrected chi connectivity index (χ3v) is 6.01. The van der Waals surface area contributed by atoms with Gasteiger partial charge in [-0.05, 0) is 36.2 Å². The summed E-state index contributed by atoms with van der Waals surface area (Å²) in [4.78, 5) is 31.9. The smallest absolute Gasteiger partial charge is 0.316 e. The van der Waals surface area contributed by atoms with Crippen molar-refractivity contribution in [3.8, 4) is 12.1 Å². The van der Waals surface area contributed by atoms with E-state index in [0.717, 1.165) is 27.2 Å². The van der Waals surface area contributed by atoms with E-state index in [2.05, 4.69) is 26.0 Å². The maximum Gasteiger partial charge on any atom is 0.316 e. The van der Waals surface area contributed by atoms with Crippen molar-refractivity contribution in [2.24, 2.45) is 0 Å². The van der Waals surface area contributed by atoms with Crippen LogP contribution in [-0.2, 0) is 17.8 Å². The summed E-state index contributed by atoms with van der Waals surface area (Å²) in [5.41, 5.74) is 4.06. The molecule has 0 bridgehead atoms. The molecular formula is C24H22N6O2S. The van der Waals surface area contributed by atoms with Crippen molar-refractivity contribution in [1.82, 2.24) is 24.8 Å². The molecule has 4 aromatic rings. The van der Waals surface area contributed by atoms with Gasteiger partial charge in [-0.2, -0.15) is 10.2 Å². The van der Waals surface area contributed by atoms with Gasteiger partial charge in [-0.25, -0.2) is 15.0 Å². The first-order valence-electron chi connectivity index (χ1n) is 10.3. The molecule has 0 N–H and O–H groups in total. The van der Waals surface area contributed by atoms with Gasteiger partial charge in [-0.15, -0.1) is 0 Å². The lowest BCUT2D eigenvalue weighted by molar-refractivity contribution is -0.127. The number of ether oxygens (including phenoxy) is 1. The minimum absolute atomic E-state index is 0.0512. The Hall–Kier alpha value is -3.90. The Kier molecular flexibility index (Phi) is 6.56. The second-order valence-electron chi connectivity index (χ2n) is 7.73. The number of fused-ring (bicyclic) bond motifs is 1. The number of thiazole rings is 1. The van der Waals surface area contributed by atoms with E-state index in [1.807, 2.05) is 43.3 Å². The van der Waals surface area contributed by atoms with Crippen LogP contribution < -0.4 is 4.74 Å². The molecule has 0 radical (unpaired) electrons. The van der Waals surface area contributed by atoms with Gasteiger partial charge < -0.3 is 9.64 Å². The van der Waals surface area contributed by atoms with Gasteiger partial charge in [0, 0.05) is 26.0 Å². The first-order valence-corrected chi connectivity index (χ1v) is 11.1. The van der Waals surface area contributed by atoms with Gasteiger partial charge in [0.1, 0.15) is 27.9 Å². The number of likely N-dealkylation sites (N-methyl/N-ethyl adjacent to an activating group) is 1. The maximum atomic E-state index is 11.8. The fourth-order valence-corrected chi connectivity index (χ4v) is 4.16. The predicted molar refractivity (Wildman–Crippen MR) is 125 cm³/mol. The molecule has 1 amide bonds. The summed E-state index contributed by atoms with van der Waals surface area (Å²) in [5, 5.41) is 10.4. The molecule has 0 aliphatic carbocycles. The first-order chi connectivity index (χ1) is 15.9. The summed E-state index contributed by atoms with van der Waals surface area (Å²) in [6.07, 6.45) is 1.93. The molecule has 0 saturated heterocycles. The number of nitriles is 1. The molecule has 9 heteroatoms. The van der Waals surface area contributed by atoms with Crippen molar-refractivity contribution < 1.29 is 9.53 Å². The van der Waals surface area contributed by atoms with Gasteiger partial charge >= 0.3 is 6.01 Å². The molecule has 3 heterocycles. The van der Waals surface area contributed by atoms with Crippen LogP contribution in [0.15, 0.2) is 48.7 Å². The second kappa shape index (κ2) is 9.71. The standard InChI is InChI=1S/C24H22N6O2S/c1-15-4-9-20-23(27-15)33-22(28-20)18(13-25)19-10-11-26-24(29-19)32-14-17-7-5-16(6-8-17)12-21(31)30(2)3/h4-11,18H,12,14H2,1-3H3. The number of hydrogen-bond acceptors (Lipinski definition) is 8. The van der Waals surface area contributed by atoms with E-state index in [0.29, 0.717) is 17.1 Å². The maximum absolute atomic E-state index is 11.8. The van der Waals surface area contributed by atoms with Crippen molar-refractivity contribution in [3.63, 3.8) is 0 Å². The number of aromatic nitrogens is 4. The SMILES string of the molecule is Cc1ccc2nc(C(C#N)c3ccnc(OCc4ccc(CC(=O)N(C)C)cc4)n3)sc2n1. The number of carbonyl (C=O) groups is 1. The number of amides is 1. The number of rotatable bonds is 7. The molecule has 4 rings (SSSR count). The van der Waals surface area contributed by atoms with E-state index in [1.165, 1.54) is 11.3 Å². The summed E-state index contributed by atoms with van der Waals surface area (Å²) in [6, 6.07) is 15.6. The summed E-state index contributed by atoms with van der Waals surface area (Å²) in [5.74, 6) is -0.585. The van der Waals surface area contributed by atoms with Crippen LogP contribution in [0.25, 0.3) is 10.3 Å². The van der Waals surface area contributed by atoms with Gasteiger partial charge in [-0.1, -0.05) is 35.6 Å². The normalized spacial score (nSPS) is 11.7. The van der Waals surface area contributed by atoms with Crippen molar-refractivity contribution in [2.45, 2.75) is 25.9 Å². The van der Waals surface area contributed by atoms with Gasteiger partial charge in [0.15, 0.2) is 0 Å². The molecule has 0 aliphatic heterocycles. The number of benzene rings is 1. The van der Waals surface area contributed by atoms with Crippen LogP contribution in [0.4, 0.5) is 0 Å². The van der Waals surface area contributed by atoms with Crippen LogP contribution in [0.3, 0.4) is 0 Å². The van der Waals surface area contributed by atoms with Gasteiger partial charge in [0.05, 0.1) is 18.2 Å². The van der Waals surface area contributed by atoms with Gasteiger partial charge in [-0.3, -0.25) is 4.79 Å². The van der Waals surface area contributed by atoms with E-state index in [1.54, 1.807) is 31.3 Å². The van der Waals surface area contributed by atoms with Crippen molar-refractivity contribution in [3.05, 3.63) is 76.2 Å². The highest BCUT2D eigenvalue weighted by Crippen LogP contribution is 2.30. The Morgan fingerprint density at radius 1 is 1.09 bits per heavy atom. The summed E-state index contributed by atoms with van der Waals surface area (Å²) in [6.45, 7) is 2.19. The Morgan fingerprint density at radius 2 is 1.85 bits per heavy atom. The number of carbonyl (C=O) groups excluding carboxylic acids is 1. The number of pyridine rings is 1. The average molecular weight is 459 g/mol. The zero-order valence-corrected chi connectivity index (χ0v) is 19.3. The molecular weight excluding hydrogens is 436 g/mol. The van der Waals surface area contributed by atoms with Crippen molar-refractivity contribution >= 4 is 27.6 Å². The van der Waals surface area contributed by atoms with Crippen LogP contribution in [0, 0.1) is 18.3 Å². The van der Waals surface area contributed by atoms with Crippen molar-refractivity contribution in [2.75, 3.05) is 14.1 Å². The Morgan fingerprint density at radius 3 is 2.58 bits per heavy atom. The quantitative estimate of drug-likeness (QED) is 0.416. The number of hydrogen-bond donors (Lipinski definition) is 0. The van der Waals surface area contributed by atoms with Gasteiger partial charge in [0.25, 0.3) is 0 Å². The van der Waals surface area contributed by atoms with Crippen LogP contribution in [0.2, 0.25) is 0 Å². The number of aryl methyl sites for hydroxylation is 1. The highest BCUT2D eigenvalue weighted by molar-refractivity contribution is 7.18. The van der Waals surface area contributed by atoms with Crippen LogP contribution >= 0.6 is 11.3 Å². The van der Waals surface area contributed by atoms with E-state index >= 15 is 0 Å². The van der Waals surface area contributed by atoms with E-state index in [-0.39, 0.29) is 18.5 Å². The molecule has 0 fully saturated rings. The van der Waals surface area contributed by atoms with E-state index in [9.17, 15) is 10.1 Å².